The highest BCUT2D eigenvalue weighted by Gasteiger charge is 2.44. The van der Waals surface area contributed by atoms with Crippen LogP contribution in [0.4, 0.5) is 4.39 Å². The Hall–Kier alpha value is -4.24. The van der Waals surface area contributed by atoms with Crippen molar-refractivity contribution in [2.45, 2.75) is 75.4 Å². The average Bonchev–Trinajstić information content (AvgIpc) is 3.69. The normalized spacial score (nSPS) is 23.2. The number of carbonyl (C=O) groups is 1. The molecule has 2 unspecified atom stereocenters. The van der Waals surface area contributed by atoms with Crippen molar-refractivity contribution in [3.63, 3.8) is 0 Å². The van der Waals surface area contributed by atoms with Gasteiger partial charge in [-0.1, -0.05) is 42.5 Å². The van der Waals surface area contributed by atoms with Crippen molar-refractivity contribution in [1.82, 2.24) is 24.3 Å². The Bertz CT molecular complexity index is 1920. The van der Waals surface area contributed by atoms with Crippen molar-refractivity contribution in [3.8, 4) is 0 Å². The minimum absolute atomic E-state index is 0.0114. The van der Waals surface area contributed by atoms with Crippen molar-refractivity contribution in [3.05, 3.63) is 100 Å². The topological polar surface area (TPSA) is 87.4 Å². The molecule has 9 heteroatoms. The Morgan fingerprint density at radius 1 is 0.978 bits per heavy atom. The number of amides is 1. The largest absolute Gasteiger partial charge is 0.417 e. The molecule has 3 fully saturated rings. The number of imidazole rings is 1. The molecule has 1 N–H and O–H groups in total. The van der Waals surface area contributed by atoms with Crippen LogP contribution in [0.2, 0.25) is 0 Å². The second-order valence-electron chi connectivity index (χ2n) is 13.3. The van der Waals surface area contributed by atoms with E-state index >= 15 is 0 Å². The van der Waals surface area contributed by atoms with Gasteiger partial charge in [0, 0.05) is 31.2 Å². The average molecular weight is 608 g/mol. The van der Waals surface area contributed by atoms with Crippen molar-refractivity contribution < 1.29 is 13.6 Å². The number of fused-ring (bicyclic) bond motifs is 4. The highest BCUT2D eigenvalue weighted by molar-refractivity contribution is 6.04. The molecular weight excluding hydrogens is 569 g/mol. The van der Waals surface area contributed by atoms with Crippen LogP contribution in [-0.4, -0.2) is 62.0 Å². The van der Waals surface area contributed by atoms with E-state index in [1.807, 2.05) is 4.90 Å². The van der Waals surface area contributed by atoms with Gasteiger partial charge in [-0.05, 0) is 93.7 Å². The summed E-state index contributed by atoms with van der Waals surface area (Å²) in [5, 5.41) is 0. The van der Waals surface area contributed by atoms with Gasteiger partial charge in [0.1, 0.15) is 11.3 Å². The molecule has 3 saturated heterocycles. The maximum absolute atomic E-state index is 14.3. The first-order valence-electron chi connectivity index (χ1n) is 16.3. The van der Waals surface area contributed by atoms with Gasteiger partial charge in [0.25, 0.3) is 5.91 Å². The molecule has 1 amide bonds. The summed E-state index contributed by atoms with van der Waals surface area (Å²) in [7, 11) is 0. The summed E-state index contributed by atoms with van der Waals surface area (Å²) in [6.07, 6.45) is 7.52. The molecule has 0 saturated carbocycles. The molecule has 3 aromatic carbocycles. The highest BCUT2D eigenvalue weighted by Crippen LogP contribution is 2.45. The van der Waals surface area contributed by atoms with Gasteiger partial charge in [0.05, 0.1) is 16.6 Å². The van der Waals surface area contributed by atoms with Crippen LogP contribution >= 0.6 is 0 Å². The Kier molecular flexibility index (Phi) is 6.89. The first-order valence-corrected chi connectivity index (χ1v) is 16.3. The Labute approximate surface area is 260 Å². The van der Waals surface area contributed by atoms with Crippen molar-refractivity contribution in [1.29, 1.82) is 0 Å². The second-order valence-corrected chi connectivity index (χ2v) is 13.3. The molecule has 0 aliphatic carbocycles. The standard InChI is InChI=1S/C36H38FN5O3/c1-23-38-30-9-5-6-10-31(30)42(23)27-21-25-11-12-26(22-27)41(25)20-17-36(24-7-3-2-4-8-24)15-18-40(19-16-36)34(43)28-13-14-29(37)32-33(28)45-35(44)39-32/h2-10,13-14,25-27H,11-12,15-22H2,1H3,(H,39,44). The van der Waals surface area contributed by atoms with Gasteiger partial charge >= 0.3 is 5.76 Å². The van der Waals surface area contributed by atoms with E-state index in [0.717, 1.165) is 50.0 Å². The number of aromatic amines is 1. The van der Waals surface area contributed by atoms with Crippen LogP contribution in [0.25, 0.3) is 22.1 Å². The second kappa shape index (κ2) is 11.0. The van der Waals surface area contributed by atoms with Crippen LogP contribution in [0.15, 0.2) is 75.9 Å². The lowest BCUT2D eigenvalue weighted by molar-refractivity contribution is 0.0607. The van der Waals surface area contributed by atoms with E-state index in [9.17, 15) is 14.0 Å². The van der Waals surface area contributed by atoms with Gasteiger partial charge in [0.2, 0.25) is 0 Å². The number of nitrogens with one attached hydrogen (secondary N) is 1. The molecule has 2 aromatic heterocycles. The zero-order valence-electron chi connectivity index (χ0n) is 25.5. The number of aromatic nitrogens is 3. The first kappa shape index (κ1) is 28.2. The number of piperidine rings is 2. The molecule has 2 bridgehead atoms. The Balaban J connectivity index is 0.995. The van der Waals surface area contributed by atoms with E-state index < -0.39 is 11.6 Å². The van der Waals surface area contributed by atoms with Crippen molar-refractivity contribution in [2.75, 3.05) is 19.6 Å². The third kappa shape index (κ3) is 4.79. The zero-order valence-corrected chi connectivity index (χ0v) is 25.5. The maximum atomic E-state index is 14.3. The predicted molar refractivity (Wildman–Crippen MR) is 171 cm³/mol. The smallest absolute Gasteiger partial charge is 0.407 e. The lowest BCUT2D eigenvalue weighted by Crippen LogP contribution is -2.49. The summed E-state index contributed by atoms with van der Waals surface area (Å²) in [5.41, 5.74) is 3.78. The lowest BCUT2D eigenvalue weighted by atomic mass is 9.70. The van der Waals surface area contributed by atoms with Gasteiger partial charge in [-0.3, -0.25) is 14.7 Å². The highest BCUT2D eigenvalue weighted by atomic mass is 19.1. The number of hydrogen-bond acceptors (Lipinski definition) is 5. The number of H-pyrrole nitrogens is 1. The molecule has 5 aromatic rings. The lowest BCUT2D eigenvalue weighted by Gasteiger charge is -2.45. The summed E-state index contributed by atoms with van der Waals surface area (Å²) in [6.45, 7) is 4.36. The minimum atomic E-state index is -0.766. The van der Waals surface area contributed by atoms with E-state index in [2.05, 4.69) is 76.0 Å². The van der Waals surface area contributed by atoms with E-state index in [4.69, 9.17) is 9.40 Å². The van der Waals surface area contributed by atoms with Crippen LogP contribution in [0.1, 0.15) is 72.7 Å². The molecule has 232 valence electrons. The van der Waals surface area contributed by atoms with Gasteiger partial charge in [-0.15, -0.1) is 0 Å². The predicted octanol–water partition coefficient (Wildman–Crippen LogP) is 6.35. The Morgan fingerprint density at radius 3 is 2.44 bits per heavy atom. The molecule has 3 aliphatic rings. The summed E-state index contributed by atoms with van der Waals surface area (Å²) in [4.78, 5) is 37.3. The fraction of sp³-hybridized carbons (Fsp3) is 0.417. The van der Waals surface area contributed by atoms with Crippen LogP contribution in [0.3, 0.4) is 0 Å². The molecule has 2 atom stereocenters. The fourth-order valence-electron chi connectivity index (χ4n) is 8.74. The summed E-state index contributed by atoms with van der Waals surface area (Å²) >= 11 is 0. The number of carbonyl (C=O) groups excluding carboxylic acids is 1. The molecular formula is C36H38FN5O3. The monoisotopic (exact) mass is 607 g/mol. The van der Waals surface area contributed by atoms with Gasteiger partial charge in [-0.2, -0.15) is 0 Å². The van der Waals surface area contributed by atoms with Gasteiger partial charge < -0.3 is 13.9 Å². The van der Waals surface area contributed by atoms with Crippen LogP contribution in [-0.2, 0) is 5.41 Å². The van der Waals surface area contributed by atoms with Gasteiger partial charge in [-0.25, -0.2) is 14.2 Å². The maximum Gasteiger partial charge on any atom is 0.417 e. The number of hydrogen-bond donors (Lipinski definition) is 1. The SMILES string of the molecule is Cc1nc2ccccc2n1C1CC2CCC(C1)N2CCC1(c2ccccc2)CCN(C(=O)c2ccc(F)c3[nH]c(=O)oc23)CC1. The van der Waals surface area contributed by atoms with Crippen LogP contribution in [0.5, 0.6) is 0 Å². The number of para-hydroxylation sites is 2. The third-order valence-electron chi connectivity index (χ3n) is 11.0. The van der Waals surface area contributed by atoms with E-state index in [1.54, 1.807) is 0 Å². The number of rotatable bonds is 6. The van der Waals surface area contributed by atoms with E-state index in [-0.39, 0.29) is 28.0 Å². The first-order chi connectivity index (χ1) is 21.9. The molecule has 3 aliphatic heterocycles. The van der Waals surface area contributed by atoms with E-state index in [0.29, 0.717) is 31.2 Å². The minimum Gasteiger partial charge on any atom is -0.407 e. The summed E-state index contributed by atoms with van der Waals surface area (Å²) in [5.74, 6) is -0.497. The number of aryl methyl sites for hydroxylation is 1. The molecule has 5 heterocycles. The molecule has 0 radical (unpaired) electrons. The number of benzene rings is 3. The zero-order chi connectivity index (χ0) is 30.7. The number of likely N-dealkylation sites (tertiary alicyclic amines) is 1. The summed E-state index contributed by atoms with van der Waals surface area (Å²) in [6, 6.07) is 23.5. The fourth-order valence-corrected chi connectivity index (χ4v) is 8.74. The number of oxazole rings is 1. The molecule has 8 rings (SSSR count). The molecule has 8 nitrogen and oxygen atoms in total. The van der Waals surface area contributed by atoms with Crippen molar-refractivity contribution >= 4 is 28.0 Å². The quantitative estimate of drug-likeness (QED) is 0.243. The van der Waals surface area contributed by atoms with E-state index in [1.165, 1.54) is 36.1 Å². The van der Waals surface area contributed by atoms with Crippen LogP contribution in [0, 0.1) is 12.7 Å². The van der Waals surface area contributed by atoms with Gasteiger partial charge in [0.15, 0.2) is 11.4 Å². The molecule has 0 spiro atoms. The summed E-state index contributed by atoms with van der Waals surface area (Å²) < 4.78 is 22.0. The van der Waals surface area contributed by atoms with Crippen molar-refractivity contribution in [2.24, 2.45) is 0 Å². The molecule has 45 heavy (non-hydrogen) atoms. The number of nitrogens with zero attached hydrogens (tertiary/aromatic N) is 4. The van der Waals surface area contributed by atoms with Crippen LogP contribution < -0.4 is 5.76 Å². The third-order valence-corrected chi connectivity index (χ3v) is 11.0. The Morgan fingerprint density at radius 2 is 1.69 bits per heavy atom. The number of halogens is 1.